The summed E-state index contributed by atoms with van der Waals surface area (Å²) in [6.07, 6.45) is 2.89. The predicted octanol–water partition coefficient (Wildman–Crippen LogP) is 2.83. The minimum absolute atomic E-state index is 0.0134. The molecule has 2 aliphatic heterocycles. The monoisotopic (exact) mass is 378 g/mol. The van der Waals surface area contributed by atoms with Crippen molar-refractivity contribution in [3.05, 3.63) is 29.3 Å². The van der Waals surface area contributed by atoms with E-state index >= 15 is 0 Å². The summed E-state index contributed by atoms with van der Waals surface area (Å²) >= 11 is 1.76. The Bertz CT molecular complexity index is 850. The first-order valence-corrected chi connectivity index (χ1v) is 11.5. The van der Waals surface area contributed by atoms with E-state index in [-0.39, 0.29) is 23.3 Å². The summed E-state index contributed by atoms with van der Waals surface area (Å²) < 4.78 is 24.3. The number of piperidine rings is 1. The van der Waals surface area contributed by atoms with Crippen LogP contribution in [0.3, 0.4) is 0 Å². The fourth-order valence-electron chi connectivity index (χ4n) is 3.85. The summed E-state index contributed by atoms with van der Waals surface area (Å²) in [4.78, 5) is 19.1. The van der Waals surface area contributed by atoms with Crippen LogP contribution in [0.15, 0.2) is 24.3 Å². The molecular formula is C18H22N2O3S2. The molecule has 2 fully saturated rings. The van der Waals surface area contributed by atoms with Crippen LogP contribution in [0.1, 0.15) is 36.6 Å². The Kier molecular flexibility index (Phi) is 4.54. The molecule has 4 rings (SSSR count). The van der Waals surface area contributed by atoms with Crippen molar-refractivity contribution in [1.29, 1.82) is 0 Å². The number of likely N-dealkylation sites (tertiary alicyclic amines) is 1. The van der Waals surface area contributed by atoms with Gasteiger partial charge in [0.2, 0.25) is 5.91 Å². The van der Waals surface area contributed by atoms with E-state index in [9.17, 15) is 13.2 Å². The van der Waals surface area contributed by atoms with Crippen LogP contribution in [-0.2, 0) is 14.6 Å². The van der Waals surface area contributed by atoms with Gasteiger partial charge in [-0.1, -0.05) is 12.1 Å². The highest BCUT2D eigenvalue weighted by atomic mass is 32.2. The third kappa shape index (κ3) is 3.72. The van der Waals surface area contributed by atoms with Crippen LogP contribution < -0.4 is 0 Å². The molecule has 0 spiro atoms. The number of hydrogen-bond donors (Lipinski definition) is 0. The van der Waals surface area contributed by atoms with Gasteiger partial charge in [-0.05, 0) is 37.3 Å². The number of aromatic nitrogens is 1. The van der Waals surface area contributed by atoms with Gasteiger partial charge in [-0.15, -0.1) is 11.3 Å². The summed E-state index contributed by atoms with van der Waals surface area (Å²) in [5.74, 6) is 0.976. The molecule has 2 saturated heterocycles. The standard InChI is InChI=1S/C18H22N2O3S2/c21-17(11-13-7-10-25(22,23)12-13)20-8-5-14(6-9-20)18-19-15-3-1-2-4-16(15)24-18/h1-4,13-14H,5-12H2/t13-/m0/s1. The van der Waals surface area contributed by atoms with Gasteiger partial charge in [-0.2, -0.15) is 0 Å². The van der Waals surface area contributed by atoms with Crippen LogP contribution >= 0.6 is 11.3 Å². The number of hydrogen-bond acceptors (Lipinski definition) is 5. The second-order valence-corrected chi connectivity index (χ2v) is 10.4. The van der Waals surface area contributed by atoms with Crippen LogP contribution in [0.25, 0.3) is 10.2 Å². The maximum atomic E-state index is 12.5. The number of thiazole rings is 1. The summed E-state index contributed by atoms with van der Waals surface area (Å²) in [6, 6.07) is 8.19. The minimum atomic E-state index is -2.91. The molecule has 1 aromatic carbocycles. The molecule has 0 bridgehead atoms. The average Bonchev–Trinajstić information content (AvgIpc) is 3.18. The third-order valence-electron chi connectivity index (χ3n) is 5.30. The maximum Gasteiger partial charge on any atom is 0.222 e. The number of fused-ring (bicyclic) bond motifs is 1. The van der Waals surface area contributed by atoms with Crippen molar-refractivity contribution in [2.45, 2.75) is 31.6 Å². The van der Waals surface area contributed by atoms with Crippen molar-refractivity contribution in [2.24, 2.45) is 5.92 Å². The first-order chi connectivity index (χ1) is 12.0. The van der Waals surface area contributed by atoms with Crippen LogP contribution in [0.4, 0.5) is 0 Å². The van der Waals surface area contributed by atoms with E-state index in [0.717, 1.165) is 31.4 Å². The molecule has 0 aliphatic carbocycles. The molecule has 7 heteroatoms. The van der Waals surface area contributed by atoms with Crippen molar-refractivity contribution in [3.63, 3.8) is 0 Å². The Morgan fingerprint density at radius 3 is 2.64 bits per heavy atom. The molecule has 134 valence electrons. The number of benzene rings is 1. The molecule has 2 aliphatic rings. The lowest BCUT2D eigenvalue weighted by atomic mass is 9.96. The number of sulfone groups is 1. The van der Waals surface area contributed by atoms with Gasteiger partial charge in [-0.25, -0.2) is 13.4 Å². The molecule has 1 amide bonds. The molecule has 0 saturated carbocycles. The number of nitrogens with zero attached hydrogens (tertiary/aromatic N) is 2. The SMILES string of the molecule is O=C(C[C@@H]1CCS(=O)(=O)C1)N1CCC(c2nc3ccccc3s2)CC1. The van der Waals surface area contributed by atoms with Crippen molar-refractivity contribution in [3.8, 4) is 0 Å². The molecule has 1 aromatic heterocycles. The normalized spacial score (nSPS) is 24.0. The van der Waals surface area contributed by atoms with E-state index in [1.54, 1.807) is 11.3 Å². The van der Waals surface area contributed by atoms with E-state index in [4.69, 9.17) is 4.98 Å². The van der Waals surface area contributed by atoms with Crippen molar-refractivity contribution >= 4 is 37.3 Å². The third-order valence-corrected chi connectivity index (χ3v) is 8.33. The zero-order valence-electron chi connectivity index (χ0n) is 14.1. The molecule has 0 unspecified atom stereocenters. The van der Waals surface area contributed by atoms with E-state index in [1.807, 2.05) is 23.1 Å². The van der Waals surface area contributed by atoms with E-state index in [0.29, 0.717) is 18.8 Å². The number of carbonyl (C=O) groups excluding carboxylic acids is 1. The molecule has 25 heavy (non-hydrogen) atoms. The van der Waals surface area contributed by atoms with Crippen LogP contribution in [0, 0.1) is 5.92 Å². The van der Waals surface area contributed by atoms with Crippen LogP contribution in [0.2, 0.25) is 0 Å². The fraction of sp³-hybridized carbons (Fsp3) is 0.556. The van der Waals surface area contributed by atoms with Crippen molar-refractivity contribution in [1.82, 2.24) is 9.88 Å². The lowest BCUT2D eigenvalue weighted by Gasteiger charge is -2.31. The Labute approximate surface area is 152 Å². The Balaban J connectivity index is 1.34. The zero-order valence-corrected chi connectivity index (χ0v) is 15.7. The molecule has 0 N–H and O–H groups in total. The smallest absolute Gasteiger partial charge is 0.222 e. The Morgan fingerprint density at radius 1 is 1.20 bits per heavy atom. The fourth-order valence-corrected chi connectivity index (χ4v) is 6.85. The Morgan fingerprint density at radius 2 is 1.96 bits per heavy atom. The van der Waals surface area contributed by atoms with Gasteiger partial charge in [0.1, 0.15) is 0 Å². The van der Waals surface area contributed by atoms with E-state index in [1.165, 1.54) is 9.71 Å². The van der Waals surface area contributed by atoms with Gasteiger partial charge in [0.05, 0.1) is 26.7 Å². The Hall–Kier alpha value is -1.47. The molecule has 2 aromatic rings. The first kappa shape index (κ1) is 17.0. The summed E-state index contributed by atoms with van der Waals surface area (Å²) in [6.45, 7) is 1.50. The number of para-hydroxylation sites is 1. The van der Waals surface area contributed by atoms with Crippen LogP contribution in [-0.4, -0.2) is 48.8 Å². The molecule has 0 radical (unpaired) electrons. The van der Waals surface area contributed by atoms with Crippen molar-refractivity contribution in [2.75, 3.05) is 24.6 Å². The first-order valence-electron chi connectivity index (χ1n) is 8.84. The molecule has 3 heterocycles. The highest BCUT2D eigenvalue weighted by Crippen LogP contribution is 2.34. The van der Waals surface area contributed by atoms with Crippen molar-refractivity contribution < 1.29 is 13.2 Å². The highest BCUT2D eigenvalue weighted by molar-refractivity contribution is 7.91. The van der Waals surface area contributed by atoms with E-state index in [2.05, 4.69) is 6.07 Å². The minimum Gasteiger partial charge on any atom is -0.343 e. The lowest BCUT2D eigenvalue weighted by Crippen LogP contribution is -2.38. The van der Waals surface area contributed by atoms with E-state index < -0.39 is 9.84 Å². The number of rotatable bonds is 3. The quantitative estimate of drug-likeness (QED) is 0.824. The second kappa shape index (κ2) is 6.68. The molecule has 5 nitrogen and oxygen atoms in total. The van der Waals surface area contributed by atoms with Gasteiger partial charge >= 0.3 is 0 Å². The summed E-state index contributed by atoms with van der Waals surface area (Å²) in [7, 11) is -2.91. The van der Waals surface area contributed by atoms with Crippen LogP contribution in [0.5, 0.6) is 0 Å². The van der Waals surface area contributed by atoms with Gasteiger partial charge in [0.15, 0.2) is 9.84 Å². The zero-order chi connectivity index (χ0) is 17.4. The maximum absolute atomic E-state index is 12.5. The molecule has 1 atom stereocenters. The largest absolute Gasteiger partial charge is 0.343 e. The summed E-state index contributed by atoms with van der Waals surface area (Å²) in [5.41, 5.74) is 1.06. The van der Waals surface area contributed by atoms with Gasteiger partial charge in [-0.3, -0.25) is 4.79 Å². The second-order valence-electron chi connectivity index (χ2n) is 7.15. The molecular weight excluding hydrogens is 356 g/mol. The topological polar surface area (TPSA) is 67.3 Å². The van der Waals surface area contributed by atoms with Gasteiger partial charge in [0, 0.05) is 25.4 Å². The number of amides is 1. The summed E-state index contributed by atoms with van der Waals surface area (Å²) in [5, 5.41) is 1.18. The lowest BCUT2D eigenvalue weighted by molar-refractivity contribution is -0.133. The predicted molar refractivity (Wildman–Crippen MR) is 99.6 cm³/mol. The van der Waals surface area contributed by atoms with Gasteiger partial charge in [0.25, 0.3) is 0 Å². The average molecular weight is 379 g/mol. The van der Waals surface area contributed by atoms with Gasteiger partial charge < -0.3 is 4.90 Å². The number of carbonyl (C=O) groups is 1. The highest BCUT2D eigenvalue weighted by Gasteiger charge is 2.32.